The fourth-order valence-corrected chi connectivity index (χ4v) is 1.63. The zero-order valence-electron chi connectivity index (χ0n) is 8.33. The maximum atomic E-state index is 9.18. The third kappa shape index (κ3) is 1.96. The Balaban J connectivity index is 2.17. The van der Waals surface area contributed by atoms with Gasteiger partial charge in [-0.3, -0.25) is 0 Å². The molecule has 1 aromatic heterocycles. The zero-order valence-corrected chi connectivity index (χ0v) is 8.33. The SMILES string of the molecule is C[C@@H](O)CCc1ccc2cc[nH]c2c1. The van der Waals surface area contributed by atoms with Crippen molar-refractivity contribution in [3.05, 3.63) is 36.0 Å². The van der Waals surface area contributed by atoms with Gasteiger partial charge in [-0.15, -0.1) is 0 Å². The normalized spacial score (nSPS) is 13.3. The fraction of sp³-hybridized carbons (Fsp3) is 0.333. The first-order valence-corrected chi connectivity index (χ1v) is 5.00. The van der Waals surface area contributed by atoms with Crippen molar-refractivity contribution in [2.24, 2.45) is 0 Å². The first kappa shape index (κ1) is 9.28. The average molecular weight is 189 g/mol. The van der Waals surface area contributed by atoms with Crippen molar-refractivity contribution >= 4 is 10.9 Å². The van der Waals surface area contributed by atoms with Crippen molar-refractivity contribution in [1.29, 1.82) is 0 Å². The Bertz CT molecular complexity index is 417. The number of aromatic nitrogens is 1. The lowest BCUT2D eigenvalue weighted by molar-refractivity contribution is 0.185. The van der Waals surface area contributed by atoms with Crippen LogP contribution in [0.1, 0.15) is 18.9 Å². The highest BCUT2D eigenvalue weighted by Gasteiger charge is 1.99. The van der Waals surface area contributed by atoms with Crippen molar-refractivity contribution in [3.63, 3.8) is 0 Å². The van der Waals surface area contributed by atoms with Crippen LogP contribution in [0.15, 0.2) is 30.5 Å². The number of hydrogen-bond acceptors (Lipinski definition) is 1. The number of H-pyrrole nitrogens is 1. The number of benzene rings is 1. The van der Waals surface area contributed by atoms with E-state index in [0.717, 1.165) is 12.8 Å². The lowest BCUT2D eigenvalue weighted by Crippen LogP contribution is -2.01. The smallest absolute Gasteiger partial charge is 0.0515 e. The molecule has 2 nitrogen and oxygen atoms in total. The Morgan fingerprint density at radius 3 is 3.00 bits per heavy atom. The van der Waals surface area contributed by atoms with E-state index in [2.05, 4.69) is 29.2 Å². The average Bonchev–Trinajstić information content (AvgIpc) is 2.61. The second kappa shape index (κ2) is 3.84. The highest BCUT2D eigenvalue weighted by Crippen LogP contribution is 2.15. The molecule has 2 heteroatoms. The van der Waals surface area contributed by atoms with Crippen molar-refractivity contribution in [2.75, 3.05) is 0 Å². The molecule has 0 bridgehead atoms. The Morgan fingerprint density at radius 1 is 1.36 bits per heavy atom. The predicted octanol–water partition coefficient (Wildman–Crippen LogP) is 2.48. The van der Waals surface area contributed by atoms with Crippen LogP contribution in [0.3, 0.4) is 0 Å². The van der Waals surface area contributed by atoms with Crippen LogP contribution < -0.4 is 0 Å². The van der Waals surface area contributed by atoms with E-state index < -0.39 is 0 Å². The van der Waals surface area contributed by atoms with Crippen molar-refractivity contribution < 1.29 is 5.11 Å². The molecule has 0 amide bonds. The second-order valence-corrected chi connectivity index (χ2v) is 3.79. The number of aliphatic hydroxyl groups is 1. The molecule has 0 aliphatic heterocycles. The summed E-state index contributed by atoms with van der Waals surface area (Å²) >= 11 is 0. The van der Waals surface area contributed by atoms with Crippen LogP contribution in [0.2, 0.25) is 0 Å². The fourth-order valence-electron chi connectivity index (χ4n) is 1.63. The molecule has 14 heavy (non-hydrogen) atoms. The minimum atomic E-state index is -0.214. The molecule has 0 spiro atoms. The molecule has 0 saturated carbocycles. The molecule has 0 aliphatic rings. The van der Waals surface area contributed by atoms with Gasteiger partial charge in [0.15, 0.2) is 0 Å². The monoisotopic (exact) mass is 189 g/mol. The quantitative estimate of drug-likeness (QED) is 0.764. The third-order valence-electron chi connectivity index (χ3n) is 2.47. The van der Waals surface area contributed by atoms with E-state index in [9.17, 15) is 5.11 Å². The van der Waals surface area contributed by atoms with Crippen LogP contribution in [-0.4, -0.2) is 16.2 Å². The zero-order chi connectivity index (χ0) is 9.97. The van der Waals surface area contributed by atoms with Crippen molar-refractivity contribution in [3.8, 4) is 0 Å². The maximum Gasteiger partial charge on any atom is 0.0515 e. The molecule has 74 valence electrons. The molecular formula is C12H15NO. The van der Waals surface area contributed by atoms with Gasteiger partial charge in [-0.2, -0.15) is 0 Å². The van der Waals surface area contributed by atoms with Crippen molar-refractivity contribution in [2.45, 2.75) is 25.9 Å². The largest absolute Gasteiger partial charge is 0.393 e. The molecule has 2 N–H and O–H groups in total. The Labute approximate surface area is 83.6 Å². The van der Waals surface area contributed by atoms with Crippen LogP contribution in [-0.2, 0) is 6.42 Å². The summed E-state index contributed by atoms with van der Waals surface area (Å²) in [5, 5.41) is 10.4. The summed E-state index contributed by atoms with van der Waals surface area (Å²) in [5.74, 6) is 0. The molecule has 1 heterocycles. The van der Waals surface area contributed by atoms with Crippen LogP contribution in [0.5, 0.6) is 0 Å². The van der Waals surface area contributed by atoms with Crippen molar-refractivity contribution in [1.82, 2.24) is 4.98 Å². The van der Waals surface area contributed by atoms with E-state index >= 15 is 0 Å². The Morgan fingerprint density at radius 2 is 2.21 bits per heavy atom. The molecule has 0 fully saturated rings. The maximum absolute atomic E-state index is 9.18. The number of aromatic amines is 1. The molecule has 1 aromatic carbocycles. The Kier molecular flexibility index (Phi) is 2.55. The molecule has 1 atom stereocenters. The van der Waals surface area contributed by atoms with Crippen LogP contribution in [0, 0.1) is 0 Å². The lowest BCUT2D eigenvalue weighted by atomic mass is 10.1. The van der Waals surface area contributed by atoms with E-state index in [-0.39, 0.29) is 6.10 Å². The number of nitrogens with one attached hydrogen (secondary N) is 1. The van der Waals surface area contributed by atoms with Gasteiger partial charge in [-0.05, 0) is 42.8 Å². The standard InChI is InChI=1S/C12H15NO/c1-9(14)2-3-10-4-5-11-6-7-13-12(11)8-10/h4-9,13-14H,2-3H2,1H3/t9-/m1/s1. The van der Waals surface area contributed by atoms with Gasteiger partial charge >= 0.3 is 0 Å². The van der Waals surface area contributed by atoms with E-state index in [1.807, 2.05) is 13.1 Å². The van der Waals surface area contributed by atoms with Crippen LogP contribution >= 0.6 is 0 Å². The molecule has 2 rings (SSSR count). The molecule has 0 unspecified atom stereocenters. The molecular weight excluding hydrogens is 174 g/mol. The van der Waals surface area contributed by atoms with E-state index in [1.54, 1.807) is 0 Å². The van der Waals surface area contributed by atoms with Crippen LogP contribution in [0.25, 0.3) is 10.9 Å². The Hall–Kier alpha value is -1.28. The van der Waals surface area contributed by atoms with Gasteiger partial charge < -0.3 is 10.1 Å². The van der Waals surface area contributed by atoms with Gasteiger partial charge in [0.2, 0.25) is 0 Å². The van der Waals surface area contributed by atoms with Gasteiger partial charge in [0.25, 0.3) is 0 Å². The van der Waals surface area contributed by atoms with E-state index in [1.165, 1.54) is 16.5 Å². The number of aliphatic hydroxyl groups excluding tert-OH is 1. The van der Waals surface area contributed by atoms with Gasteiger partial charge in [0.05, 0.1) is 6.10 Å². The highest BCUT2D eigenvalue weighted by molar-refractivity contribution is 5.79. The predicted molar refractivity (Wildman–Crippen MR) is 58.3 cm³/mol. The lowest BCUT2D eigenvalue weighted by Gasteiger charge is -2.04. The number of fused-ring (bicyclic) bond motifs is 1. The van der Waals surface area contributed by atoms with Gasteiger partial charge in [0.1, 0.15) is 0 Å². The number of aryl methyl sites for hydroxylation is 1. The molecule has 0 radical (unpaired) electrons. The summed E-state index contributed by atoms with van der Waals surface area (Å²) < 4.78 is 0. The summed E-state index contributed by atoms with van der Waals surface area (Å²) in [5.41, 5.74) is 2.45. The molecule has 0 saturated heterocycles. The topological polar surface area (TPSA) is 36.0 Å². The van der Waals surface area contributed by atoms with Gasteiger partial charge in [0, 0.05) is 11.7 Å². The first-order valence-electron chi connectivity index (χ1n) is 5.00. The van der Waals surface area contributed by atoms with Gasteiger partial charge in [-0.1, -0.05) is 12.1 Å². The first-order chi connectivity index (χ1) is 6.75. The molecule has 0 aliphatic carbocycles. The summed E-state index contributed by atoms with van der Waals surface area (Å²) in [4.78, 5) is 3.19. The third-order valence-corrected chi connectivity index (χ3v) is 2.47. The minimum absolute atomic E-state index is 0.214. The number of hydrogen-bond donors (Lipinski definition) is 2. The highest BCUT2D eigenvalue weighted by atomic mass is 16.3. The van der Waals surface area contributed by atoms with E-state index in [0.29, 0.717) is 0 Å². The summed E-state index contributed by atoms with van der Waals surface area (Å²) in [6, 6.07) is 8.45. The summed E-state index contributed by atoms with van der Waals surface area (Å²) in [6.07, 6.45) is 3.50. The molecule has 2 aromatic rings. The minimum Gasteiger partial charge on any atom is -0.393 e. The number of rotatable bonds is 3. The van der Waals surface area contributed by atoms with Crippen LogP contribution in [0.4, 0.5) is 0 Å². The second-order valence-electron chi connectivity index (χ2n) is 3.79. The summed E-state index contributed by atoms with van der Waals surface area (Å²) in [6.45, 7) is 1.83. The van der Waals surface area contributed by atoms with Gasteiger partial charge in [-0.25, -0.2) is 0 Å². The summed E-state index contributed by atoms with van der Waals surface area (Å²) in [7, 11) is 0. The van der Waals surface area contributed by atoms with E-state index in [4.69, 9.17) is 0 Å².